The number of anilines is 1. The predicted octanol–water partition coefficient (Wildman–Crippen LogP) is 0.732. The van der Waals surface area contributed by atoms with Crippen LogP contribution in [-0.2, 0) is 16.7 Å². The molecule has 0 unspecified atom stereocenters. The summed E-state index contributed by atoms with van der Waals surface area (Å²) >= 11 is 0. The monoisotopic (exact) mass is 216 g/mol. The van der Waals surface area contributed by atoms with Gasteiger partial charge in [0.15, 0.2) is 0 Å². The van der Waals surface area contributed by atoms with Crippen molar-refractivity contribution < 1.29 is 13.0 Å². The third-order valence-corrected chi connectivity index (χ3v) is 2.53. The van der Waals surface area contributed by atoms with Crippen LogP contribution >= 0.6 is 0 Å². The normalized spacial score (nSPS) is 11.4. The van der Waals surface area contributed by atoms with Crippen LogP contribution in [0.5, 0.6) is 0 Å². The molecule has 6 heteroatoms. The summed E-state index contributed by atoms with van der Waals surface area (Å²) in [5.74, 6) is 5.19. The van der Waals surface area contributed by atoms with Crippen molar-refractivity contribution in [1.82, 2.24) is 0 Å². The van der Waals surface area contributed by atoms with Gasteiger partial charge in [-0.3, -0.25) is 4.55 Å². The zero-order chi connectivity index (χ0) is 10.8. The van der Waals surface area contributed by atoms with Crippen LogP contribution in [0.1, 0.15) is 12.5 Å². The van der Waals surface area contributed by atoms with Crippen LogP contribution in [0.2, 0.25) is 0 Å². The Bertz CT molecular complexity index is 416. The quantitative estimate of drug-likeness (QED) is 0.443. The minimum absolute atomic E-state index is 0.242. The van der Waals surface area contributed by atoms with E-state index >= 15 is 0 Å². The van der Waals surface area contributed by atoms with E-state index in [-0.39, 0.29) is 5.69 Å². The van der Waals surface area contributed by atoms with Crippen molar-refractivity contribution in [3.63, 3.8) is 0 Å². The maximum absolute atomic E-state index is 10.7. The highest BCUT2D eigenvalue weighted by Crippen LogP contribution is 2.15. The van der Waals surface area contributed by atoms with Crippen LogP contribution in [0.15, 0.2) is 24.3 Å². The van der Waals surface area contributed by atoms with Crippen molar-refractivity contribution in [2.24, 2.45) is 5.84 Å². The van der Waals surface area contributed by atoms with E-state index in [4.69, 9.17) is 10.4 Å². The van der Waals surface area contributed by atoms with Gasteiger partial charge in [-0.1, -0.05) is 19.1 Å². The van der Waals surface area contributed by atoms with Gasteiger partial charge in [-0.15, -0.1) is 0 Å². The summed E-state index contributed by atoms with van der Waals surface area (Å²) in [7, 11) is -4.37. The van der Waals surface area contributed by atoms with Crippen LogP contribution in [0, 0.1) is 0 Å². The van der Waals surface area contributed by atoms with E-state index in [1.165, 1.54) is 6.07 Å². The average molecular weight is 216 g/mol. The van der Waals surface area contributed by atoms with Gasteiger partial charge in [0.05, 0.1) is 5.69 Å². The van der Waals surface area contributed by atoms with Crippen LogP contribution in [0.4, 0.5) is 5.69 Å². The van der Waals surface area contributed by atoms with Gasteiger partial charge in [0, 0.05) is 0 Å². The maximum atomic E-state index is 10.7. The molecular formula is C8H12N2O3S. The molecule has 1 rings (SSSR count). The summed E-state index contributed by atoms with van der Waals surface area (Å²) < 4.78 is 30.4. The van der Waals surface area contributed by atoms with E-state index in [0.717, 1.165) is 12.0 Å². The third-order valence-electron chi connectivity index (χ3n) is 1.82. The second-order valence-corrected chi connectivity index (χ2v) is 4.09. The van der Waals surface area contributed by atoms with Crippen molar-refractivity contribution in [3.8, 4) is 0 Å². The molecule has 5 nitrogen and oxygen atoms in total. The number of hydrazine groups is 1. The Morgan fingerprint density at radius 3 is 2.64 bits per heavy atom. The molecule has 0 aliphatic carbocycles. The first-order valence-corrected chi connectivity index (χ1v) is 5.46. The van der Waals surface area contributed by atoms with Crippen LogP contribution in [0.25, 0.3) is 0 Å². The standard InChI is InChI=1S/C8H12N2O3S/c1-2-7-4-3-5-8(6-7)10(9)14(11,12)13/h3-6H,2,9H2,1H3,(H,11,12,13). The van der Waals surface area contributed by atoms with E-state index < -0.39 is 10.3 Å². The Balaban J connectivity index is 3.08. The van der Waals surface area contributed by atoms with Gasteiger partial charge < -0.3 is 0 Å². The first kappa shape index (κ1) is 11.0. The van der Waals surface area contributed by atoms with Gasteiger partial charge in [-0.2, -0.15) is 12.8 Å². The van der Waals surface area contributed by atoms with Crippen LogP contribution < -0.4 is 10.3 Å². The fourth-order valence-corrected chi connectivity index (χ4v) is 1.43. The zero-order valence-electron chi connectivity index (χ0n) is 7.71. The summed E-state index contributed by atoms with van der Waals surface area (Å²) in [6.45, 7) is 1.94. The molecule has 0 amide bonds. The van der Waals surface area contributed by atoms with Crippen molar-refractivity contribution in [1.29, 1.82) is 0 Å². The highest BCUT2D eigenvalue weighted by atomic mass is 32.2. The van der Waals surface area contributed by atoms with Crippen molar-refractivity contribution >= 4 is 16.0 Å². The number of rotatable bonds is 3. The van der Waals surface area contributed by atoms with E-state index in [0.29, 0.717) is 4.41 Å². The second kappa shape index (κ2) is 3.95. The van der Waals surface area contributed by atoms with E-state index in [1.807, 2.05) is 13.0 Å². The molecule has 0 aromatic heterocycles. The molecule has 0 saturated carbocycles. The third kappa shape index (κ3) is 2.44. The lowest BCUT2D eigenvalue weighted by molar-refractivity contribution is 0.478. The molecule has 0 heterocycles. The van der Waals surface area contributed by atoms with Gasteiger partial charge in [-0.05, 0) is 24.1 Å². The van der Waals surface area contributed by atoms with Crippen LogP contribution in [0.3, 0.4) is 0 Å². The number of aryl methyl sites for hydroxylation is 1. The minimum atomic E-state index is -4.37. The molecule has 0 atom stereocenters. The van der Waals surface area contributed by atoms with Crippen LogP contribution in [-0.4, -0.2) is 13.0 Å². The largest absolute Gasteiger partial charge is 0.373 e. The molecule has 1 aromatic rings. The molecular weight excluding hydrogens is 204 g/mol. The number of benzene rings is 1. The van der Waals surface area contributed by atoms with E-state index in [9.17, 15) is 8.42 Å². The average Bonchev–Trinajstić information content (AvgIpc) is 2.15. The zero-order valence-corrected chi connectivity index (χ0v) is 8.53. The lowest BCUT2D eigenvalue weighted by Crippen LogP contribution is -2.36. The van der Waals surface area contributed by atoms with Gasteiger partial charge in [-0.25, -0.2) is 5.84 Å². The second-order valence-electron chi connectivity index (χ2n) is 2.80. The minimum Gasteiger partial charge on any atom is -0.268 e. The van der Waals surface area contributed by atoms with Gasteiger partial charge in [0.2, 0.25) is 0 Å². The molecule has 78 valence electrons. The number of hydrogen-bond acceptors (Lipinski definition) is 3. The summed E-state index contributed by atoms with van der Waals surface area (Å²) in [4.78, 5) is 0. The van der Waals surface area contributed by atoms with Gasteiger partial charge in [0.1, 0.15) is 0 Å². The molecule has 0 fully saturated rings. The SMILES string of the molecule is CCc1cccc(N(N)S(=O)(=O)O)c1. The Hall–Kier alpha value is -1.11. The van der Waals surface area contributed by atoms with E-state index in [1.54, 1.807) is 12.1 Å². The number of hydrogen-bond donors (Lipinski definition) is 2. The van der Waals surface area contributed by atoms with Crippen molar-refractivity contribution in [2.75, 3.05) is 4.41 Å². The lowest BCUT2D eigenvalue weighted by Gasteiger charge is -2.14. The molecule has 1 aromatic carbocycles. The molecule has 0 radical (unpaired) electrons. The van der Waals surface area contributed by atoms with Gasteiger partial charge >= 0.3 is 10.3 Å². The fraction of sp³-hybridized carbons (Fsp3) is 0.250. The first-order valence-electron chi connectivity index (χ1n) is 4.06. The lowest BCUT2D eigenvalue weighted by atomic mass is 10.1. The molecule has 3 N–H and O–H groups in total. The van der Waals surface area contributed by atoms with Gasteiger partial charge in [0.25, 0.3) is 0 Å². The number of nitrogens with zero attached hydrogens (tertiary/aromatic N) is 1. The highest BCUT2D eigenvalue weighted by Gasteiger charge is 2.14. The summed E-state index contributed by atoms with van der Waals surface area (Å²) in [6.07, 6.45) is 0.771. The Labute approximate surface area is 83.0 Å². The topological polar surface area (TPSA) is 83.6 Å². The molecule has 0 saturated heterocycles. The van der Waals surface area contributed by atoms with E-state index in [2.05, 4.69) is 0 Å². The molecule has 0 bridgehead atoms. The summed E-state index contributed by atoms with van der Waals surface area (Å²) in [5.41, 5.74) is 1.19. The Kier molecular flexibility index (Phi) is 3.10. The molecule has 0 aliphatic rings. The van der Waals surface area contributed by atoms with Crippen molar-refractivity contribution in [2.45, 2.75) is 13.3 Å². The highest BCUT2D eigenvalue weighted by molar-refractivity contribution is 7.87. The fourth-order valence-electron chi connectivity index (χ4n) is 1.05. The summed E-state index contributed by atoms with van der Waals surface area (Å²) in [6, 6.07) is 6.64. The molecule has 14 heavy (non-hydrogen) atoms. The molecule has 0 spiro atoms. The van der Waals surface area contributed by atoms with Crippen molar-refractivity contribution in [3.05, 3.63) is 29.8 Å². The number of nitrogens with two attached hydrogens (primary N) is 1. The smallest absolute Gasteiger partial charge is 0.268 e. The Morgan fingerprint density at radius 1 is 1.50 bits per heavy atom. The predicted molar refractivity (Wildman–Crippen MR) is 54.0 cm³/mol. The first-order chi connectivity index (χ1) is 6.45. The Morgan fingerprint density at radius 2 is 2.14 bits per heavy atom. The molecule has 0 aliphatic heterocycles. The summed E-state index contributed by atoms with van der Waals surface area (Å²) in [5, 5.41) is 0. The maximum Gasteiger partial charge on any atom is 0.373 e.